The van der Waals surface area contributed by atoms with Crippen LogP contribution in [0.1, 0.15) is 20.3 Å². The van der Waals surface area contributed by atoms with Crippen molar-refractivity contribution in [3.05, 3.63) is 29.0 Å². The third-order valence-electron chi connectivity index (χ3n) is 4.16. The predicted molar refractivity (Wildman–Crippen MR) is 74.8 cm³/mol. The molecule has 18 heavy (non-hydrogen) atoms. The second-order valence-electron chi connectivity index (χ2n) is 5.07. The van der Waals surface area contributed by atoms with E-state index in [2.05, 4.69) is 24.1 Å². The van der Waals surface area contributed by atoms with E-state index in [1.54, 1.807) is 12.1 Å². The summed E-state index contributed by atoms with van der Waals surface area (Å²) in [6.45, 7) is 5.21. The van der Waals surface area contributed by atoms with Crippen LogP contribution < -0.4 is 10.2 Å². The van der Waals surface area contributed by atoms with E-state index in [1.165, 1.54) is 6.07 Å². The van der Waals surface area contributed by atoms with Crippen LogP contribution >= 0.6 is 11.6 Å². The molecule has 0 spiro atoms. The Morgan fingerprint density at radius 2 is 2.11 bits per heavy atom. The van der Waals surface area contributed by atoms with E-state index in [1.807, 2.05) is 7.05 Å². The van der Waals surface area contributed by atoms with Gasteiger partial charge in [-0.25, -0.2) is 4.39 Å². The standard InChI is InChI=1S/C14H20ClFN2/c1-9-10(2)18(7-6-13(9)17-3)14-8-11(15)4-5-12(14)16/h4-5,8-10,13,17H,6-7H2,1-3H3. The largest absolute Gasteiger partial charge is 0.366 e. The lowest BCUT2D eigenvalue weighted by Crippen LogP contribution is -2.53. The first kappa shape index (κ1) is 13.6. The molecule has 2 nitrogen and oxygen atoms in total. The second-order valence-corrected chi connectivity index (χ2v) is 5.51. The van der Waals surface area contributed by atoms with Gasteiger partial charge in [0, 0.05) is 23.7 Å². The maximum absolute atomic E-state index is 13.9. The Morgan fingerprint density at radius 3 is 2.78 bits per heavy atom. The summed E-state index contributed by atoms with van der Waals surface area (Å²) in [5, 5.41) is 3.92. The number of halogens is 2. The van der Waals surface area contributed by atoms with Crippen molar-refractivity contribution in [2.24, 2.45) is 5.92 Å². The highest BCUT2D eigenvalue weighted by molar-refractivity contribution is 6.30. The van der Waals surface area contributed by atoms with Gasteiger partial charge in [0.1, 0.15) is 5.82 Å². The van der Waals surface area contributed by atoms with Crippen LogP contribution in [0, 0.1) is 11.7 Å². The van der Waals surface area contributed by atoms with Crippen molar-refractivity contribution >= 4 is 17.3 Å². The van der Waals surface area contributed by atoms with Gasteiger partial charge in [-0.2, -0.15) is 0 Å². The van der Waals surface area contributed by atoms with Crippen molar-refractivity contribution in [1.82, 2.24) is 5.32 Å². The summed E-state index contributed by atoms with van der Waals surface area (Å²) in [4.78, 5) is 2.12. The molecule has 0 amide bonds. The van der Waals surface area contributed by atoms with Crippen molar-refractivity contribution in [2.75, 3.05) is 18.5 Å². The molecule has 1 aromatic rings. The van der Waals surface area contributed by atoms with Crippen molar-refractivity contribution in [1.29, 1.82) is 0 Å². The number of benzene rings is 1. The Balaban J connectivity index is 2.26. The molecule has 1 N–H and O–H groups in total. The number of nitrogens with zero attached hydrogens (tertiary/aromatic N) is 1. The highest BCUT2D eigenvalue weighted by atomic mass is 35.5. The van der Waals surface area contributed by atoms with Gasteiger partial charge >= 0.3 is 0 Å². The van der Waals surface area contributed by atoms with Crippen molar-refractivity contribution in [2.45, 2.75) is 32.4 Å². The van der Waals surface area contributed by atoms with Gasteiger partial charge in [0.25, 0.3) is 0 Å². The molecule has 0 radical (unpaired) electrons. The van der Waals surface area contributed by atoms with E-state index in [0.717, 1.165) is 13.0 Å². The summed E-state index contributed by atoms with van der Waals surface area (Å²) in [6.07, 6.45) is 1.02. The molecule has 1 aliphatic heterocycles. The highest BCUT2D eigenvalue weighted by Gasteiger charge is 2.32. The predicted octanol–water partition coefficient (Wildman–Crippen LogP) is 3.30. The van der Waals surface area contributed by atoms with Crippen LogP contribution in [0.3, 0.4) is 0 Å². The highest BCUT2D eigenvalue weighted by Crippen LogP contribution is 2.32. The number of hydrogen-bond acceptors (Lipinski definition) is 2. The van der Waals surface area contributed by atoms with E-state index in [0.29, 0.717) is 28.7 Å². The normalized spacial score (nSPS) is 28.5. The topological polar surface area (TPSA) is 15.3 Å². The fourth-order valence-electron chi connectivity index (χ4n) is 2.82. The van der Waals surface area contributed by atoms with Crippen LogP contribution in [0.15, 0.2) is 18.2 Å². The first-order valence-corrected chi connectivity index (χ1v) is 6.81. The first-order chi connectivity index (χ1) is 8.54. The summed E-state index contributed by atoms with van der Waals surface area (Å²) < 4.78 is 13.9. The SMILES string of the molecule is CNC1CCN(c2cc(Cl)ccc2F)C(C)C1C. The Bertz CT molecular complexity index is 424. The van der Waals surface area contributed by atoms with Crippen molar-refractivity contribution < 1.29 is 4.39 Å². The molecule has 1 saturated heterocycles. The lowest BCUT2D eigenvalue weighted by atomic mass is 9.86. The van der Waals surface area contributed by atoms with Gasteiger partial charge in [-0.05, 0) is 44.5 Å². The third kappa shape index (κ3) is 2.47. The number of hydrogen-bond donors (Lipinski definition) is 1. The molecule has 1 aliphatic rings. The van der Waals surface area contributed by atoms with E-state index < -0.39 is 0 Å². The minimum Gasteiger partial charge on any atom is -0.366 e. The molecule has 1 fully saturated rings. The first-order valence-electron chi connectivity index (χ1n) is 6.43. The molecule has 0 saturated carbocycles. The Labute approximate surface area is 113 Å². The quantitative estimate of drug-likeness (QED) is 0.887. The van der Waals surface area contributed by atoms with Crippen molar-refractivity contribution in [3.8, 4) is 0 Å². The smallest absolute Gasteiger partial charge is 0.146 e. The summed E-state index contributed by atoms with van der Waals surface area (Å²) in [7, 11) is 1.99. The van der Waals surface area contributed by atoms with Gasteiger partial charge in [-0.1, -0.05) is 18.5 Å². The van der Waals surface area contributed by atoms with Gasteiger partial charge in [0.15, 0.2) is 0 Å². The monoisotopic (exact) mass is 270 g/mol. The molecule has 0 bridgehead atoms. The third-order valence-corrected chi connectivity index (χ3v) is 4.39. The fourth-order valence-corrected chi connectivity index (χ4v) is 2.98. The average Bonchev–Trinajstić information content (AvgIpc) is 2.36. The zero-order chi connectivity index (χ0) is 13.3. The molecule has 1 aromatic carbocycles. The Hall–Kier alpha value is -0.800. The maximum Gasteiger partial charge on any atom is 0.146 e. The van der Waals surface area contributed by atoms with Crippen LogP contribution in [0.2, 0.25) is 5.02 Å². The van der Waals surface area contributed by atoms with Gasteiger partial charge in [-0.15, -0.1) is 0 Å². The maximum atomic E-state index is 13.9. The van der Waals surface area contributed by atoms with E-state index in [4.69, 9.17) is 11.6 Å². The molecule has 4 heteroatoms. The van der Waals surface area contributed by atoms with Crippen LogP contribution in [0.5, 0.6) is 0 Å². The molecule has 0 aliphatic carbocycles. The molecule has 1 heterocycles. The summed E-state index contributed by atoms with van der Waals surface area (Å²) in [6, 6.07) is 5.55. The Morgan fingerprint density at radius 1 is 1.39 bits per heavy atom. The summed E-state index contributed by atoms with van der Waals surface area (Å²) >= 11 is 5.97. The van der Waals surface area contributed by atoms with E-state index >= 15 is 0 Å². The zero-order valence-corrected chi connectivity index (χ0v) is 11.8. The fraction of sp³-hybridized carbons (Fsp3) is 0.571. The zero-order valence-electron chi connectivity index (χ0n) is 11.1. The molecule has 0 aromatic heterocycles. The number of anilines is 1. The lowest BCUT2D eigenvalue weighted by molar-refractivity contribution is 0.281. The Kier molecular flexibility index (Phi) is 4.13. The van der Waals surface area contributed by atoms with Gasteiger partial charge in [0.05, 0.1) is 5.69 Å². The molecular weight excluding hydrogens is 251 g/mol. The average molecular weight is 271 g/mol. The molecule has 3 unspecified atom stereocenters. The molecule has 100 valence electrons. The summed E-state index contributed by atoms with van der Waals surface area (Å²) in [5.74, 6) is 0.281. The van der Waals surface area contributed by atoms with Crippen LogP contribution in [-0.2, 0) is 0 Å². The van der Waals surface area contributed by atoms with Crippen LogP contribution in [-0.4, -0.2) is 25.7 Å². The van der Waals surface area contributed by atoms with Gasteiger partial charge < -0.3 is 10.2 Å². The second kappa shape index (κ2) is 5.45. The van der Waals surface area contributed by atoms with E-state index in [9.17, 15) is 4.39 Å². The van der Waals surface area contributed by atoms with Crippen LogP contribution in [0.4, 0.5) is 10.1 Å². The minimum atomic E-state index is -0.193. The lowest BCUT2D eigenvalue weighted by Gasteiger charge is -2.44. The number of piperidine rings is 1. The van der Waals surface area contributed by atoms with E-state index in [-0.39, 0.29) is 5.82 Å². The minimum absolute atomic E-state index is 0.193. The number of nitrogens with one attached hydrogen (secondary N) is 1. The van der Waals surface area contributed by atoms with Gasteiger partial charge in [-0.3, -0.25) is 0 Å². The summed E-state index contributed by atoms with van der Waals surface area (Å²) in [5.41, 5.74) is 0.622. The van der Waals surface area contributed by atoms with Crippen LogP contribution in [0.25, 0.3) is 0 Å². The molecule has 3 atom stereocenters. The molecular formula is C14H20ClFN2. The van der Waals surface area contributed by atoms with Crippen molar-refractivity contribution in [3.63, 3.8) is 0 Å². The number of rotatable bonds is 2. The van der Waals surface area contributed by atoms with Gasteiger partial charge in [0.2, 0.25) is 0 Å². The molecule has 2 rings (SSSR count).